The van der Waals surface area contributed by atoms with Gasteiger partial charge in [0.15, 0.2) is 0 Å². The highest BCUT2D eigenvalue weighted by Gasteiger charge is 2.12. The van der Waals surface area contributed by atoms with E-state index in [4.69, 9.17) is 10.2 Å². The number of carbonyl (C=O) groups excluding carboxylic acids is 1. The molecule has 2 N–H and O–H groups in total. The Morgan fingerprint density at radius 3 is 2.36 bits per heavy atom. The predicted octanol–water partition coefficient (Wildman–Crippen LogP) is 1.08. The number of carbonyl (C=O) groups is 2. The first-order valence-corrected chi connectivity index (χ1v) is 3.88. The molecule has 0 heterocycles. The fourth-order valence-corrected chi connectivity index (χ4v) is 1.00. The molecule has 0 aromatic heterocycles. The normalized spacial score (nSPS) is 9.43. The summed E-state index contributed by atoms with van der Waals surface area (Å²) >= 11 is 0. The number of benzene rings is 1. The van der Waals surface area contributed by atoms with E-state index in [1.165, 1.54) is 24.3 Å². The van der Waals surface area contributed by atoms with E-state index >= 15 is 0 Å². The van der Waals surface area contributed by atoms with E-state index in [9.17, 15) is 9.59 Å². The maximum Gasteiger partial charge on any atom is 0.412 e. The Morgan fingerprint density at radius 1 is 1.36 bits per heavy atom. The van der Waals surface area contributed by atoms with Crippen molar-refractivity contribution in [1.82, 2.24) is 0 Å². The minimum absolute atomic E-state index is 0.0465. The summed E-state index contributed by atoms with van der Waals surface area (Å²) in [6.45, 7) is -0.222. The summed E-state index contributed by atoms with van der Waals surface area (Å²) in [6.07, 6.45) is -0.705. The Morgan fingerprint density at radius 2 is 1.93 bits per heavy atom. The van der Waals surface area contributed by atoms with Crippen molar-refractivity contribution >= 4 is 18.1 Å². The van der Waals surface area contributed by atoms with Crippen molar-refractivity contribution in [2.45, 2.75) is 0 Å². The summed E-state index contributed by atoms with van der Waals surface area (Å²) in [5.74, 6) is 0.0465. The molecule has 0 fully saturated rings. The molecule has 14 heavy (non-hydrogen) atoms. The van der Waals surface area contributed by atoms with Crippen molar-refractivity contribution in [3.8, 4) is 5.75 Å². The average molecular weight is 195 g/mol. The third kappa shape index (κ3) is 2.22. The molecule has 0 radical (unpaired) electrons. The van der Waals surface area contributed by atoms with Gasteiger partial charge in [-0.05, 0) is 24.3 Å². The molecule has 0 aliphatic rings. The van der Waals surface area contributed by atoms with Crippen LogP contribution in [-0.4, -0.2) is 29.1 Å². The summed E-state index contributed by atoms with van der Waals surface area (Å²) in [5.41, 5.74) is 0.349. The minimum atomic E-state index is -1.21. The molecule has 0 bridgehead atoms. The fraction of sp³-hybridized carbons (Fsp3) is 0.111. The molecule has 0 saturated carbocycles. The molecule has 0 unspecified atom stereocenters. The lowest BCUT2D eigenvalue weighted by atomic mass is 10.3. The van der Waals surface area contributed by atoms with Crippen molar-refractivity contribution in [3.05, 3.63) is 24.3 Å². The van der Waals surface area contributed by atoms with Crippen molar-refractivity contribution in [3.63, 3.8) is 0 Å². The van der Waals surface area contributed by atoms with Crippen LogP contribution in [0.2, 0.25) is 0 Å². The Labute approximate surface area is 80.2 Å². The molecule has 0 aliphatic carbocycles. The maximum absolute atomic E-state index is 10.7. The third-order valence-electron chi connectivity index (χ3n) is 1.65. The standard InChI is InChI=1S/C9H9NO4/c11-6-5-10(9(13)14)7-1-3-8(12)4-2-7/h1-4,6,12H,5H2,(H,13,14). The number of amides is 1. The van der Waals surface area contributed by atoms with E-state index in [1.54, 1.807) is 0 Å². The molecular formula is C9H9NO4. The van der Waals surface area contributed by atoms with Gasteiger partial charge in [-0.25, -0.2) is 4.79 Å². The van der Waals surface area contributed by atoms with Crippen LogP contribution >= 0.6 is 0 Å². The zero-order valence-corrected chi connectivity index (χ0v) is 7.25. The van der Waals surface area contributed by atoms with Crippen LogP contribution in [0.15, 0.2) is 24.3 Å². The second-order valence-corrected chi connectivity index (χ2v) is 2.58. The van der Waals surface area contributed by atoms with Gasteiger partial charge >= 0.3 is 6.09 Å². The molecule has 1 amide bonds. The summed E-state index contributed by atoms with van der Waals surface area (Å²) in [7, 11) is 0. The van der Waals surface area contributed by atoms with E-state index in [-0.39, 0.29) is 12.3 Å². The first-order chi connectivity index (χ1) is 6.65. The van der Waals surface area contributed by atoms with Gasteiger partial charge in [0.1, 0.15) is 12.0 Å². The van der Waals surface area contributed by atoms with Gasteiger partial charge in [0.05, 0.1) is 6.54 Å². The molecule has 0 aliphatic heterocycles. The van der Waals surface area contributed by atoms with Gasteiger partial charge in [0.2, 0.25) is 0 Å². The molecule has 0 saturated heterocycles. The Balaban J connectivity index is 2.93. The molecule has 1 rings (SSSR count). The number of anilines is 1. The Hall–Kier alpha value is -2.04. The monoisotopic (exact) mass is 195 g/mol. The van der Waals surface area contributed by atoms with Crippen molar-refractivity contribution in [2.75, 3.05) is 11.4 Å². The van der Waals surface area contributed by atoms with Crippen LogP contribution in [0.4, 0.5) is 10.5 Å². The Bertz CT molecular complexity index is 333. The van der Waals surface area contributed by atoms with E-state index in [0.29, 0.717) is 12.0 Å². The first kappa shape index (κ1) is 10.0. The van der Waals surface area contributed by atoms with Gasteiger partial charge in [-0.2, -0.15) is 0 Å². The number of aldehydes is 1. The van der Waals surface area contributed by atoms with Crippen LogP contribution in [0.1, 0.15) is 0 Å². The zero-order chi connectivity index (χ0) is 10.6. The molecule has 0 spiro atoms. The van der Waals surface area contributed by atoms with Gasteiger partial charge < -0.3 is 15.0 Å². The van der Waals surface area contributed by atoms with Crippen LogP contribution in [0.25, 0.3) is 0 Å². The second-order valence-electron chi connectivity index (χ2n) is 2.58. The molecule has 1 aromatic carbocycles. The van der Waals surface area contributed by atoms with Crippen LogP contribution in [0.5, 0.6) is 5.75 Å². The maximum atomic E-state index is 10.7. The summed E-state index contributed by atoms with van der Waals surface area (Å²) in [4.78, 5) is 21.8. The van der Waals surface area contributed by atoms with Gasteiger partial charge in [0, 0.05) is 5.69 Å². The van der Waals surface area contributed by atoms with Crippen molar-refractivity contribution in [2.24, 2.45) is 0 Å². The van der Waals surface area contributed by atoms with Gasteiger partial charge in [-0.1, -0.05) is 0 Å². The van der Waals surface area contributed by atoms with Gasteiger partial charge in [-0.3, -0.25) is 4.90 Å². The van der Waals surface area contributed by atoms with E-state index in [1.807, 2.05) is 0 Å². The van der Waals surface area contributed by atoms with Crippen LogP contribution in [0.3, 0.4) is 0 Å². The van der Waals surface area contributed by atoms with E-state index in [2.05, 4.69) is 0 Å². The number of phenols is 1. The number of phenolic OH excluding ortho intramolecular Hbond substituents is 1. The fourth-order valence-electron chi connectivity index (χ4n) is 1.00. The number of hydrogen-bond donors (Lipinski definition) is 2. The molecule has 0 atom stereocenters. The predicted molar refractivity (Wildman–Crippen MR) is 49.5 cm³/mol. The van der Waals surface area contributed by atoms with Gasteiger partial charge in [0.25, 0.3) is 0 Å². The lowest BCUT2D eigenvalue weighted by Gasteiger charge is -2.15. The van der Waals surface area contributed by atoms with Gasteiger partial charge in [-0.15, -0.1) is 0 Å². The number of carboxylic acid groups (broad SMARTS) is 1. The van der Waals surface area contributed by atoms with Crippen LogP contribution in [-0.2, 0) is 4.79 Å². The second kappa shape index (κ2) is 4.27. The number of nitrogens with zero attached hydrogens (tertiary/aromatic N) is 1. The molecule has 5 heteroatoms. The SMILES string of the molecule is O=CCN(C(=O)O)c1ccc(O)cc1. The van der Waals surface area contributed by atoms with Crippen LogP contribution in [0, 0.1) is 0 Å². The smallest absolute Gasteiger partial charge is 0.412 e. The largest absolute Gasteiger partial charge is 0.508 e. The summed E-state index contributed by atoms with van der Waals surface area (Å²) in [6, 6.07) is 5.56. The lowest BCUT2D eigenvalue weighted by Crippen LogP contribution is -2.30. The quantitative estimate of drug-likeness (QED) is 0.707. The van der Waals surface area contributed by atoms with Crippen LogP contribution < -0.4 is 4.90 Å². The molecular weight excluding hydrogens is 186 g/mol. The molecule has 5 nitrogen and oxygen atoms in total. The average Bonchev–Trinajstić information content (AvgIpc) is 2.15. The zero-order valence-electron chi connectivity index (χ0n) is 7.25. The number of hydrogen-bond acceptors (Lipinski definition) is 3. The first-order valence-electron chi connectivity index (χ1n) is 3.88. The highest BCUT2D eigenvalue weighted by atomic mass is 16.4. The minimum Gasteiger partial charge on any atom is -0.508 e. The lowest BCUT2D eigenvalue weighted by molar-refractivity contribution is -0.106. The summed E-state index contributed by atoms with van der Waals surface area (Å²) in [5, 5.41) is 17.7. The van der Waals surface area contributed by atoms with E-state index in [0.717, 1.165) is 4.90 Å². The highest BCUT2D eigenvalue weighted by Crippen LogP contribution is 2.17. The topological polar surface area (TPSA) is 77.8 Å². The third-order valence-corrected chi connectivity index (χ3v) is 1.65. The van der Waals surface area contributed by atoms with E-state index < -0.39 is 6.09 Å². The summed E-state index contributed by atoms with van der Waals surface area (Å²) < 4.78 is 0. The number of aromatic hydroxyl groups is 1. The van der Waals surface area contributed by atoms with Crippen molar-refractivity contribution in [1.29, 1.82) is 0 Å². The molecule has 74 valence electrons. The van der Waals surface area contributed by atoms with Crippen molar-refractivity contribution < 1.29 is 19.8 Å². The molecule has 1 aromatic rings. The highest BCUT2D eigenvalue weighted by molar-refractivity contribution is 5.89. The number of rotatable bonds is 3. The Kier molecular flexibility index (Phi) is 3.06.